The predicted molar refractivity (Wildman–Crippen MR) is 203 cm³/mol. The van der Waals surface area contributed by atoms with Gasteiger partial charge in [0.15, 0.2) is 0 Å². The van der Waals surface area contributed by atoms with Gasteiger partial charge in [-0.1, -0.05) is 60.7 Å². The van der Waals surface area contributed by atoms with Gasteiger partial charge in [-0.15, -0.1) is 22.7 Å². The highest BCUT2D eigenvalue weighted by molar-refractivity contribution is 7.14. The van der Waals surface area contributed by atoms with Crippen LogP contribution in [0.4, 0.5) is 0 Å². The third kappa shape index (κ3) is 4.40. The van der Waals surface area contributed by atoms with E-state index in [0.717, 1.165) is 53.3 Å². The number of carbonyl (C=O) groups is 4. The van der Waals surface area contributed by atoms with Crippen LogP contribution in [0, 0.1) is 11.8 Å². The topological polar surface area (TPSA) is 86.7 Å². The molecule has 0 spiro atoms. The van der Waals surface area contributed by atoms with E-state index in [1.807, 2.05) is 36.4 Å². The highest BCUT2D eigenvalue weighted by Gasteiger charge is 2.43. The van der Waals surface area contributed by atoms with E-state index in [4.69, 9.17) is 9.47 Å². The van der Waals surface area contributed by atoms with Gasteiger partial charge in [-0.05, 0) is 75.3 Å². The molecule has 0 bridgehead atoms. The van der Waals surface area contributed by atoms with Crippen molar-refractivity contribution < 1.29 is 28.7 Å². The number of rotatable bonds is 2. The highest BCUT2D eigenvalue weighted by atomic mass is 32.1. The number of fused-ring (bicyclic) bond motifs is 9. The number of hydrogen-bond donors (Lipinski definition) is 0. The van der Waals surface area contributed by atoms with Gasteiger partial charge in [0.05, 0.1) is 0 Å². The molecule has 52 heavy (non-hydrogen) atoms. The predicted octanol–water partition coefficient (Wildman–Crippen LogP) is 9.45. The molecule has 0 N–H and O–H groups in total. The summed E-state index contributed by atoms with van der Waals surface area (Å²) >= 11 is 3.21. The van der Waals surface area contributed by atoms with Crippen LogP contribution in [-0.4, -0.2) is 23.1 Å². The highest BCUT2D eigenvalue weighted by Crippen LogP contribution is 2.55. The zero-order valence-electron chi connectivity index (χ0n) is 28.7. The van der Waals surface area contributed by atoms with Gasteiger partial charge in [-0.2, -0.15) is 0 Å². The minimum Gasteiger partial charge on any atom is -0.483 e. The Labute approximate surface area is 307 Å². The monoisotopic (exact) mass is 718 g/mol. The van der Waals surface area contributed by atoms with Crippen LogP contribution < -0.4 is 0 Å². The van der Waals surface area contributed by atoms with Crippen LogP contribution >= 0.6 is 22.7 Å². The Balaban J connectivity index is 1.02. The average Bonchev–Trinajstić information content (AvgIpc) is 3.86. The summed E-state index contributed by atoms with van der Waals surface area (Å²) in [4.78, 5) is 55.3. The van der Waals surface area contributed by atoms with Gasteiger partial charge in [0.25, 0.3) is 0 Å². The maximum absolute atomic E-state index is 13.0. The molecule has 0 saturated carbocycles. The third-order valence-corrected chi connectivity index (χ3v) is 13.0. The lowest BCUT2D eigenvalue weighted by Gasteiger charge is -2.40. The molecule has 8 heteroatoms. The summed E-state index contributed by atoms with van der Waals surface area (Å²) in [6.45, 7) is 8.23. The molecular formula is C44H30O6S2. The SMILES string of the molecule is CC1(C)OC2=CC3C=C4C(=CC3C=C2c2sc(/C=C3\C(=O)C(=O)c5ccccc53)cc21)OC(C)(C)c1cc(/C=C2\C(=O)C(=O)c3ccccc32)sc14. The largest absolute Gasteiger partial charge is 0.483 e. The standard InChI is InChI=1S/C44H30O6S2/c1-43(2)33-19-23(17-29-25-9-5-7-11-27(25)37(45)39(29)47)51-41(33)31-13-22-16-36-32(14-21(22)15-35(31)49-43)42-34(44(3,4)50-36)20-24(52-42)18-30-26-10-6-8-12-28(26)38(46)40(30)48/h5-22H,1-4H3/b29-17-,30-18-. The van der Waals surface area contributed by atoms with Crippen LogP contribution in [-0.2, 0) is 30.3 Å². The fourth-order valence-electron chi connectivity index (χ4n) is 8.23. The van der Waals surface area contributed by atoms with Gasteiger partial charge in [-0.25, -0.2) is 0 Å². The second kappa shape index (κ2) is 10.6. The lowest BCUT2D eigenvalue weighted by Crippen LogP contribution is -2.31. The molecular weight excluding hydrogens is 689 g/mol. The number of allylic oxidation sites excluding steroid dienone is 8. The molecule has 0 saturated heterocycles. The van der Waals surface area contributed by atoms with Crippen LogP contribution in [0.5, 0.6) is 0 Å². The number of ketones is 4. The first-order valence-electron chi connectivity index (χ1n) is 17.2. The number of thiophene rings is 2. The van der Waals surface area contributed by atoms with Gasteiger partial charge in [-0.3, -0.25) is 19.2 Å². The molecule has 6 aliphatic rings. The molecule has 4 heterocycles. The second-order valence-electron chi connectivity index (χ2n) is 14.9. The summed E-state index contributed by atoms with van der Waals surface area (Å²) < 4.78 is 13.4. The second-order valence-corrected chi connectivity index (χ2v) is 17.1. The zero-order valence-corrected chi connectivity index (χ0v) is 30.3. The van der Waals surface area contributed by atoms with E-state index < -0.39 is 34.3 Å². The molecule has 4 aromatic rings. The maximum atomic E-state index is 13.0. The third-order valence-electron chi connectivity index (χ3n) is 10.8. The van der Waals surface area contributed by atoms with Crippen LogP contribution in [0.3, 0.4) is 0 Å². The molecule has 2 atom stereocenters. The van der Waals surface area contributed by atoms with E-state index in [9.17, 15) is 19.2 Å². The van der Waals surface area contributed by atoms with Crippen molar-refractivity contribution in [3.05, 3.63) is 149 Å². The van der Waals surface area contributed by atoms with Crippen LogP contribution in [0.2, 0.25) is 0 Å². The summed E-state index contributed by atoms with van der Waals surface area (Å²) in [7, 11) is 0. The Morgan fingerprint density at radius 2 is 0.923 bits per heavy atom. The molecule has 2 aromatic heterocycles. The summed E-state index contributed by atoms with van der Waals surface area (Å²) in [5.74, 6) is -0.169. The molecule has 10 rings (SSSR count). The first-order valence-corrected chi connectivity index (χ1v) is 18.9. The molecule has 0 amide bonds. The van der Waals surface area contributed by atoms with E-state index in [1.165, 1.54) is 0 Å². The Morgan fingerprint density at radius 1 is 0.538 bits per heavy atom. The van der Waals surface area contributed by atoms with Crippen molar-refractivity contribution in [2.24, 2.45) is 11.8 Å². The smallest absolute Gasteiger partial charge is 0.234 e. The molecule has 4 aliphatic carbocycles. The number of ether oxygens (including phenoxy) is 2. The number of hydrogen-bond acceptors (Lipinski definition) is 8. The Kier molecular flexibility index (Phi) is 6.36. The van der Waals surface area contributed by atoms with Gasteiger partial charge in [0.1, 0.15) is 22.7 Å². The van der Waals surface area contributed by atoms with E-state index in [2.05, 4.69) is 64.1 Å². The van der Waals surface area contributed by atoms with Crippen LogP contribution in [0.15, 0.2) is 96.5 Å². The molecule has 2 aliphatic heterocycles. The molecule has 2 unspecified atom stereocenters. The Morgan fingerprint density at radius 3 is 1.33 bits per heavy atom. The summed E-state index contributed by atoms with van der Waals surface area (Å²) in [5, 5.41) is 0. The van der Waals surface area contributed by atoms with Crippen molar-refractivity contribution >= 4 is 80.3 Å². The number of carbonyl (C=O) groups excluding carboxylic acids is 4. The van der Waals surface area contributed by atoms with Crippen molar-refractivity contribution in [2.75, 3.05) is 0 Å². The summed E-state index contributed by atoms with van der Waals surface area (Å²) in [6.07, 6.45) is 12.6. The fourth-order valence-corrected chi connectivity index (χ4v) is 10.8. The maximum Gasteiger partial charge on any atom is 0.234 e. The average molecular weight is 719 g/mol. The van der Waals surface area contributed by atoms with Crippen molar-refractivity contribution in [1.82, 2.24) is 0 Å². The summed E-state index contributed by atoms with van der Waals surface area (Å²) in [6, 6.07) is 18.5. The minimum atomic E-state index is -0.617. The zero-order chi connectivity index (χ0) is 35.8. The van der Waals surface area contributed by atoms with Gasteiger partial charge < -0.3 is 9.47 Å². The van der Waals surface area contributed by atoms with E-state index in [1.54, 1.807) is 46.9 Å². The summed E-state index contributed by atoms with van der Waals surface area (Å²) in [5.41, 5.74) is 6.01. The fraction of sp³-hybridized carbons (Fsp3) is 0.182. The Bertz CT molecular complexity index is 2430. The molecule has 0 radical (unpaired) electrons. The van der Waals surface area contributed by atoms with Crippen molar-refractivity contribution in [3.8, 4) is 0 Å². The van der Waals surface area contributed by atoms with Crippen molar-refractivity contribution in [2.45, 2.75) is 38.9 Å². The van der Waals surface area contributed by atoms with Crippen molar-refractivity contribution in [1.29, 1.82) is 0 Å². The normalized spacial score (nSPS) is 24.3. The van der Waals surface area contributed by atoms with Gasteiger partial charge >= 0.3 is 0 Å². The minimum absolute atomic E-state index is 0.0255. The Hall–Kier alpha value is -5.44. The first-order chi connectivity index (χ1) is 24.9. The van der Waals surface area contributed by atoms with Gasteiger partial charge in [0.2, 0.25) is 23.1 Å². The molecule has 2 aromatic carbocycles. The van der Waals surface area contributed by atoms with E-state index in [-0.39, 0.29) is 11.8 Å². The number of benzene rings is 2. The van der Waals surface area contributed by atoms with Gasteiger partial charge in [0, 0.05) is 75.9 Å². The van der Waals surface area contributed by atoms with E-state index >= 15 is 0 Å². The molecule has 0 fully saturated rings. The lowest BCUT2D eigenvalue weighted by atomic mass is 9.76. The lowest BCUT2D eigenvalue weighted by molar-refractivity contribution is -0.110. The molecule has 254 valence electrons. The first kappa shape index (κ1) is 31.3. The van der Waals surface area contributed by atoms with E-state index in [0.29, 0.717) is 33.4 Å². The number of Topliss-reactive ketones (excluding diaryl/α,β-unsaturated/α-hetero) is 4. The quantitative estimate of drug-likeness (QED) is 0.152. The van der Waals surface area contributed by atoms with Crippen molar-refractivity contribution in [3.63, 3.8) is 0 Å². The van der Waals surface area contributed by atoms with Crippen LogP contribution in [0.1, 0.15) is 90.2 Å². The molecule has 6 nitrogen and oxygen atoms in total. The van der Waals surface area contributed by atoms with Crippen LogP contribution in [0.25, 0.3) is 34.4 Å².